The number of aryl methyl sites for hydroxylation is 1. The van der Waals surface area contributed by atoms with Crippen LogP contribution in [0.25, 0.3) is 16.7 Å². The molecule has 4 aromatic heterocycles. The van der Waals surface area contributed by atoms with E-state index < -0.39 is 5.56 Å². The molecule has 4 rings (SSSR count). The average Bonchev–Trinajstić information content (AvgIpc) is 2.66. The summed E-state index contributed by atoms with van der Waals surface area (Å²) in [7, 11) is 0. The number of nitrogens with zero attached hydrogens (tertiary/aromatic N) is 5. The highest BCUT2D eigenvalue weighted by Gasteiger charge is 2.15. The van der Waals surface area contributed by atoms with Crippen LogP contribution in [0.3, 0.4) is 0 Å². The van der Waals surface area contributed by atoms with Crippen molar-refractivity contribution in [3.8, 4) is 6.07 Å². The van der Waals surface area contributed by atoms with Crippen LogP contribution < -0.4 is 11.1 Å². The summed E-state index contributed by atoms with van der Waals surface area (Å²) in [5, 5.41) is 9.54. The molecular weight excluding hydrogens is 330 g/mol. The Morgan fingerprint density at radius 2 is 2.00 bits per heavy atom. The van der Waals surface area contributed by atoms with E-state index in [9.17, 15) is 14.9 Å². The van der Waals surface area contributed by atoms with Crippen LogP contribution in [-0.2, 0) is 6.54 Å². The predicted octanol–water partition coefficient (Wildman–Crippen LogP) is 1.63. The minimum absolute atomic E-state index is 0.0899. The number of hydrogen-bond donors (Lipinski definition) is 0. The zero-order valence-corrected chi connectivity index (χ0v) is 13.9. The van der Waals surface area contributed by atoms with E-state index >= 15 is 0 Å². The third-order valence-electron chi connectivity index (χ3n) is 4.27. The summed E-state index contributed by atoms with van der Waals surface area (Å²) < 4.78 is 2.79. The quantitative estimate of drug-likeness (QED) is 0.516. The lowest BCUT2D eigenvalue weighted by molar-refractivity contribution is 0.775. The molecule has 126 valence electrons. The van der Waals surface area contributed by atoms with Crippen molar-refractivity contribution in [3.05, 3.63) is 86.3 Å². The van der Waals surface area contributed by atoms with Gasteiger partial charge in [-0.3, -0.25) is 23.5 Å². The lowest BCUT2D eigenvalue weighted by Gasteiger charge is -2.12. The summed E-state index contributed by atoms with van der Waals surface area (Å²) in [4.78, 5) is 34.2. The lowest BCUT2D eigenvalue weighted by Crippen LogP contribution is -2.28. The number of fused-ring (bicyclic) bond motifs is 2. The van der Waals surface area contributed by atoms with Gasteiger partial charge in [0.2, 0.25) is 0 Å². The molecule has 0 aliphatic heterocycles. The molecule has 0 saturated heterocycles. The molecule has 0 aromatic carbocycles. The minimum atomic E-state index is -0.478. The molecule has 0 bridgehead atoms. The largest absolute Gasteiger partial charge is 0.287 e. The fourth-order valence-electron chi connectivity index (χ4n) is 2.98. The number of aromatic nitrogens is 4. The highest BCUT2D eigenvalue weighted by Crippen LogP contribution is 2.13. The van der Waals surface area contributed by atoms with Gasteiger partial charge in [0.05, 0.1) is 11.9 Å². The smallest absolute Gasteiger partial charge is 0.270 e. The Balaban J connectivity index is 2.15. The van der Waals surface area contributed by atoms with E-state index in [0.29, 0.717) is 5.65 Å². The Morgan fingerprint density at radius 1 is 1.15 bits per heavy atom. The molecule has 0 spiro atoms. The molecule has 4 aromatic rings. The Kier molecular flexibility index (Phi) is 3.59. The van der Waals surface area contributed by atoms with Crippen LogP contribution >= 0.6 is 0 Å². The minimum Gasteiger partial charge on any atom is -0.287 e. The van der Waals surface area contributed by atoms with Crippen molar-refractivity contribution in [3.63, 3.8) is 0 Å². The Labute approximate surface area is 147 Å². The van der Waals surface area contributed by atoms with Crippen molar-refractivity contribution >= 4 is 16.7 Å². The zero-order valence-electron chi connectivity index (χ0n) is 13.9. The second-order valence-corrected chi connectivity index (χ2v) is 5.96. The molecule has 7 nitrogen and oxygen atoms in total. The van der Waals surface area contributed by atoms with Crippen molar-refractivity contribution in [2.45, 2.75) is 13.5 Å². The fraction of sp³-hybridized carbons (Fsp3) is 0.105. The maximum atomic E-state index is 12.9. The van der Waals surface area contributed by atoms with Gasteiger partial charge in [0, 0.05) is 18.6 Å². The van der Waals surface area contributed by atoms with Gasteiger partial charge in [-0.05, 0) is 36.2 Å². The van der Waals surface area contributed by atoms with E-state index in [1.807, 2.05) is 25.1 Å². The van der Waals surface area contributed by atoms with Gasteiger partial charge in [0.25, 0.3) is 11.1 Å². The zero-order chi connectivity index (χ0) is 18.3. The van der Waals surface area contributed by atoms with Crippen molar-refractivity contribution in [2.24, 2.45) is 0 Å². The van der Waals surface area contributed by atoms with Crippen LogP contribution in [0.1, 0.15) is 16.7 Å². The van der Waals surface area contributed by atoms with E-state index in [2.05, 4.69) is 9.97 Å². The molecular formula is C19H13N5O2. The van der Waals surface area contributed by atoms with Crippen LogP contribution in [0, 0.1) is 18.3 Å². The Morgan fingerprint density at radius 3 is 2.73 bits per heavy atom. The number of rotatable bonds is 2. The average molecular weight is 343 g/mol. The predicted molar refractivity (Wildman–Crippen MR) is 96.0 cm³/mol. The van der Waals surface area contributed by atoms with Crippen LogP contribution in [0.15, 0.2) is 58.5 Å². The number of pyridine rings is 3. The summed E-state index contributed by atoms with van der Waals surface area (Å²) >= 11 is 0. The summed E-state index contributed by atoms with van der Waals surface area (Å²) in [5.74, 6) is 0. The molecule has 0 saturated carbocycles. The highest BCUT2D eigenvalue weighted by molar-refractivity contribution is 5.78. The van der Waals surface area contributed by atoms with Gasteiger partial charge >= 0.3 is 0 Å². The van der Waals surface area contributed by atoms with E-state index in [1.165, 1.54) is 15.0 Å². The first-order valence-corrected chi connectivity index (χ1v) is 7.94. The van der Waals surface area contributed by atoms with Crippen molar-refractivity contribution in [1.29, 1.82) is 5.26 Å². The fourth-order valence-corrected chi connectivity index (χ4v) is 2.98. The maximum absolute atomic E-state index is 12.9. The summed E-state index contributed by atoms with van der Waals surface area (Å²) in [6.45, 7) is 2.02. The van der Waals surface area contributed by atoms with E-state index in [4.69, 9.17) is 0 Å². The van der Waals surface area contributed by atoms with E-state index in [-0.39, 0.29) is 28.7 Å². The topological polar surface area (TPSA) is 93.0 Å². The van der Waals surface area contributed by atoms with Gasteiger partial charge in [-0.1, -0.05) is 12.1 Å². The first-order chi connectivity index (χ1) is 12.6. The highest BCUT2D eigenvalue weighted by atomic mass is 16.1. The molecule has 4 heterocycles. The molecule has 0 radical (unpaired) electrons. The first-order valence-electron chi connectivity index (χ1n) is 7.94. The second-order valence-electron chi connectivity index (χ2n) is 5.96. The monoisotopic (exact) mass is 343 g/mol. The van der Waals surface area contributed by atoms with Gasteiger partial charge in [0.15, 0.2) is 5.65 Å². The lowest BCUT2D eigenvalue weighted by atomic mass is 10.2. The molecule has 0 aliphatic rings. The van der Waals surface area contributed by atoms with Crippen LogP contribution in [0.4, 0.5) is 0 Å². The third-order valence-corrected chi connectivity index (χ3v) is 4.27. The van der Waals surface area contributed by atoms with Crippen LogP contribution in [0.2, 0.25) is 0 Å². The van der Waals surface area contributed by atoms with Crippen LogP contribution in [0.5, 0.6) is 0 Å². The molecule has 7 heteroatoms. The van der Waals surface area contributed by atoms with Gasteiger partial charge in [-0.15, -0.1) is 0 Å². The Bertz CT molecular complexity index is 1310. The molecule has 0 fully saturated rings. The summed E-state index contributed by atoms with van der Waals surface area (Å²) in [6, 6.07) is 10.4. The van der Waals surface area contributed by atoms with E-state index in [0.717, 1.165) is 11.1 Å². The van der Waals surface area contributed by atoms with Crippen molar-refractivity contribution in [2.75, 3.05) is 0 Å². The van der Waals surface area contributed by atoms with Crippen molar-refractivity contribution < 1.29 is 0 Å². The van der Waals surface area contributed by atoms with Crippen LogP contribution in [-0.4, -0.2) is 18.9 Å². The number of hydrogen-bond acceptors (Lipinski definition) is 5. The number of nitriles is 1. The normalized spacial score (nSPS) is 10.9. The van der Waals surface area contributed by atoms with Gasteiger partial charge in [-0.2, -0.15) is 5.26 Å². The molecule has 0 unspecified atom stereocenters. The summed E-state index contributed by atoms with van der Waals surface area (Å²) in [6.07, 6.45) is 4.90. The molecule has 0 aliphatic carbocycles. The molecule has 0 atom stereocenters. The second kappa shape index (κ2) is 5.93. The van der Waals surface area contributed by atoms with Crippen molar-refractivity contribution in [1.82, 2.24) is 18.9 Å². The summed E-state index contributed by atoms with van der Waals surface area (Å²) in [5.41, 5.74) is 1.45. The standard InChI is InChI=1S/C19H13N5O2/c1-12-4-3-7-23-16(12)22-17-15(19(23)26)8-14(9-20)18(25)24(17)11-13-5-2-6-21-10-13/h2-8,10H,11H2,1H3. The Hall–Kier alpha value is -3.79. The van der Waals surface area contributed by atoms with Gasteiger partial charge < -0.3 is 0 Å². The molecule has 0 N–H and O–H groups in total. The SMILES string of the molecule is Cc1cccn2c(=O)c3cc(C#N)c(=O)n(Cc4cccnc4)c3nc12. The van der Waals surface area contributed by atoms with Gasteiger partial charge in [-0.25, -0.2) is 4.98 Å². The third kappa shape index (κ3) is 2.36. The van der Waals surface area contributed by atoms with Gasteiger partial charge in [0.1, 0.15) is 17.3 Å². The van der Waals surface area contributed by atoms with E-state index in [1.54, 1.807) is 30.7 Å². The molecule has 0 amide bonds. The molecule has 26 heavy (non-hydrogen) atoms. The first kappa shape index (κ1) is 15.7. The maximum Gasteiger partial charge on any atom is 0.270 e.